The first-order valence-corrected chi connectivity index (χ1v) is 6.68. The standard InChI is InChI=1S/C14H15F2NS/c1-3-9-7-8-12(18-9)14(17-2)13-10(15)5-4-6-11(13)16/h4-8,14,17H,3H2,1-2H3. The Morgan fingerprint density at radius 2 is 1.83 bits per heavy atom. The monoisotopic (exact) mass is 267 g/mol. The summed E-state index contributed by atoms with van der Waals surface area (Å²) in [5, 5.41) is 2.98. The smallest absolute Gasteiger partial charge is 0.131 e. The van der Waals surface area contributed by atoms with Crippen molar-refractivity contribution in [1.29, 1.82) is 0 Å². The van der Waals surface area contributed by atoms with E-state index >= 15 is 0 Å². The van der Waals surface area contributed by atoms with Crippen LogP contribution >= 0.6 is 11.3 Å². The largest absolute Gasteiger partial charge is 0.308 e. The zero-order valence-corrected chi connectivity index (χ0v) is 11.2. The molecular formula is C14H15F2NS. The quantitative estimate of drug-likeness (QED) is 0.886. The second-order valence-electron chi connectivity index (χ2n) is 4.01. The van der Waals surface area contributed by atoms with Crippen LogP contribution in [0.3, 0.4) is 0 Å². The lowest BCUT2D eigenvalue weighted by Gasteiger charge is -2.16. The van der Waals surface area contributed by atoms with Crippen LogP contribution in [0.25, 0.3) is 0 Å². The van der Waals surface area contributed by atoms with E-state index in [1.54, 1.807) is 18.4 Å². The van der Waals surface area contributed by atoms with Gasteiger partial charge in [0.2, 0.25) is 0 Å². The van der Waals surface area contributed by atoms with Gasteiger partial charge in [-0.3, -0.25) is 0 Å². The minimum absolute atomic E-state index is 0.0875. The highest BCUT2D eigenvalue weighted by atomic mass is 32.1. The minimum atomic E-state index is -0.513. The fourth-order valence-corrected chi connectivity index (χ4v) is 3.03. The number of aryl methyl sites for hydroxylation is 1. The summed E-state index contributed by atoms with van der Waals surface area (Å²) in [5.41, 5.74) is 0.0875. The molecule has 0 saturated carbocycles. The predicted octanol–water partition coefficient (Wildman–Crippen LogP) is 3.90. The van der Waals surface area contributed by atoms with Crippen molar-refractivity contribution in [2.75, 3.05) is 7.05 Å². The predicted molar refractivity (Wildman–Crippen MR) is 71.0 cm³/mol. The van der Waals surface area contributed by atoms with E-state index in [9.17, 15) is 8.78 Å². The van der Waals surface area contributed by atoms with Gasteiger partial charge in [0, 0.05) is 15.3 Å². The maximum Gasteiger partial charge on any atom is 0.131 e. The average Bonchev–Trinajstić information content (AvgIpc) is 2.82. The van der Waals surface area contributed by atoms with Gasteiger partial charge in [0.25, 0.3) is 0 Å². The highest BCUT2D eigenvalue weighted by molar-refractivity contribution is 7.12. The molecule has 1 unspecified atom stereocenters. The first-order valence-electron chi connectivity index (χ1n) is 5.87. The molecule has 0 aliphatic carbocycles. The third-order valence-electron chi connectivity index (χ3n) is 2.89. The molecule has 2 aromatic rings. The topological polar surface area (TPSA) is 12.0 Å². The first kappa shape index (κ1) is 13.2. The number of hydrogen-bond donors (Lipinski definition) is 1. The maximum atomic E-state index is 13.8. The van der Waals surface area contributed by atoms with Gasteiger partial charge in [-0.1, -0.05) is 13.0 Å². The molecule has 0 bridgehead atoms. The van der Waals surface area contributed by atoms with E-state index < -0.39 is 17.7 Å². The zero-order chi connectivity index (χ0) is 13.1. The van der Waals surface area contributed by atoms with E-state index in [0.717, 1.165) is 11.3 Å². The van der Waals surface area contributed by atoms with Gasteiger partial charge < -0.3 is 5.32 Å². The molecule has 2 rings (SSSR count). The molecule has 0 spiro atoms. The second kappa shape index (κ2) is 5.59. The SMILES string of the molecule is CCc1ccc(C(NC)c2c(F)cccc2F)s1. The van der Waals surface area contributed by atoms with E-state index in [0.29, 0.717) is 0 Å². The Labute approximate surface area is 109 Å². The zero-order valence-electron chi connectivity index (χ0n) is 10.3. The van der Waals surface area contributed by atoms with Crippen molar-refractivity contribution in [3.05, 3.63) is 57.3 Å². The molecule has 96 valence electrons. The van der Waals surface area contributed by atoms with Gasteiger partial charge in [0.05, 0.1) is 6.04 Å². The molecule has 4 heteroatoms. The minimum Gasteiger partial charge on any atom is -0.308 e. The van der Waals surface area contributed by atoms with Gasteiger partial charge in [-0.25, -0.2) is 8.78 Å². The van der Waals surface area contributed by atoms with Crippen LogP contribution < -0.4 is 5.32 Å². The van der Waals surface area contributed by atoms with E-state index in [-0.39, 0.29) is 5.56 Å². The van der Waals surface area contributed by atoms with Crippen LogP contribution in [0.5, 0.6) is 0 Å². The Hall–Kier alpha value is -1.26. The van der Waals surface area contributed by atoms with Crippen molar-refractivity contribution in [2.24, 2.45) is 0 Å². The molecule has 0 aliphatic rings. The normalized spacial score (nSPS) is 12.7. The fourth-order valence-electron chi connectivity index (χ4n) is 1.96. The van der Waals surface area contributed by atoms with Gasteiger partial charge in [-0.2, -0.15) is 0 Å². The van der Waals surface area contributed by atoms with E-state index in [4.69, 9.17) is 0 Å². The summed E-state index contributed by atoms with van der Waals surface area (Å²) in [7, 11) is 1.71. The third kappa shape index (κ3) is 2.44. The summed E-state index contributed by atoms with van der Waals surface area (Å²) in [6.45, 7) is 2.06. The van der Waals surface area contributed by atoms with Crippen molar-refractivity contribution in [3.63, 3.8) is 0 Å². The number of nitrogens with one attached hydrogen (secondary N) is 1. The van der Waals surface area contributed by atoms with Crippen molar-refractivity contribution in [1.82, 2.24) is 5.32 Å². The van der Waals surface area contributed by atoms with E-state index in [1.807, 2.05) is 12.1 Å². The fraction of sp³-hybridized carbons (Fsp3) is 0.286. The summed E-state index contributed by atoms with van der Waals surface area (Å²) < 4.78 is 27.6. The molecule has 18 heavy (non-hydrogen) atoms. The Morgan fingerprint density at radius 3 is 2.33 bits per heavy atom. The number of hydrogen-bond acceptors (Lipinski definition) is 2. The van der Waals surface area contributed by atoms with Crippen LogP contribution in [0.4, 0.5) is 8.78 Å². The van der Waals surface area contributed by atoms with Crippen LogP contribution in [-0.4, -0.2) is 7.05 Å². The Kier molecular flexibility index (Phi) is 4.09. The number of halogens is 2. The van der Waals surface area contributed by atoms with Crippen LogP contribution in [-0.2, 0) is 6.42 Å². The van der Waals surface area contributed by atoms with Gasteiger partial charge in [0.15, 0.2) is 0 Å². The van der Waals surface area contributed by atoms with Gasteiger partial charge in [-0.05, 0) is 37.7 Å². The molecule has 1 nitrogen and oxygen atoms in total. The van der Waals surface area contributed by atoms with Crippen molar-refractivity contribution < 1.29 is 8.78 Å². The lowest BCUT2D eigenvalue weighted by molar-refractivity contribution is 0.524. The molecule has 0 aliphatic heterocycles. The first-order chi connectivity index (χ1) is 8.67. The number of thiophene rings is 1. The maximum absolute atomic E-state index is 13.8. The molecule has 0 fully saturated rings. The van der Waals surface area contributed by atoms with E-state index in [1.165, 1.54) is 23.1 Å². The summed E-state index contributed by atoms with van der Waals surface area (Å²) in [6, 6.07) is 7.46. The molecule has 0 saturated heterocycles. The molecule has 1 heterocycles. The molecule has 1 aromatic heterocycles. The highest BCUT2D eigenvalue weighted by Gasteiger charge is 2.21. The summed E-state index contributed by atoms with van der Waals surface area (Å²) in [5.74, 6) is -1.03. The molecular weight excluding hydrogens is 252 g/mol. The van der Waals surface area contributed by atoms with Crippen LogP contribution in [0.2, 0.25) is 0 Å². The van der Waals surface area contributed by atoms with Gasteiger partial charge in [0.1, 0.15) is 11.6 Å². The molecule has 1 aromatic carbocycles. The Morgan fingerprint density at radius 1 is 1.17 bits per heavy atom. The van der Waals surface area contributed by atoms with Gasteiger partial charge >= 0.3 is 0 Å². The summed E-state index contributed by atoms with van der Waals surface area (Å²) >= 11 is 1.58. The van der Waals surface area contributed by atoms with Crippen LogP contribution in [0.1, 0.15) is 28.3 Å². The second-order valence-corrected chi connectivity index (χ2v) is 5.21. The molecule has 1 N–H and O–H groups in total. The molecule has 1 atom stereocenters. The van der Waals surface area contributed by atoms with Crippen molar-refractivity contribution in [3.8, 4) is 0 Å². The van der Waals surface area contributed by atoms with E-state index in [2.05, 4.69) is 12.2 Å². The average molecular weight is 267 g/mol. The molecule has 0 radical (unpaired) electrons. The highest BCUT2D eigenvalue weighted by Crippen LogP contribution is 2.31. The summed E-state index contributed by atoms with van der Waals surface area (Å²) in [4.78, 5) is 2.14. The lowest BCUT2D eigenvalue weighted by Crippen LogP contribution is -2.19. The van der Waals surface area contributed by atoms with Crippen molar-refractivity contribution in [2.45, 2.75) is 19.4 Å². The lowest BCUT2D eigenvalue weighted by atomic mass is 10.0. The third-order valence-corrected chi connectivity index (χ3v) is 4.19. The van der Waals surface area contributed by atoms with Crippen molar-refractivity contribution >= 4 is 11.3 Å². The summed E-state index contributed by atoms with van der Waals surface area (Å²) in [6.07, 6.45) is 0.931. The number of rotatable bonds is 4. The van der Waals surface area contributed by atoms with Crippen LogP contribution in [0, 0.1) is 11.6 Å². The number of benzene rings is 1. The Bertz CT molecular complexity index is 516. The molecule has 0 amide bonds. The van der Waals surface area contributed by atoms with Gasteiger partial charge in [-0.15, -0.1) is 11.3 Å². The van der Waals surface area contributed by atoms with Crippen LogP contribution in [0.15, 0.2) is 30.3 Å². The Balaban J connectivity index is 2.45.